The van der Waals surface area contributed by atoms with Gasteiger partial charge in [-0.25, -0.2) is 0 Å². The minimum absolute atomic E-state index is 0.0158. The van der Waals surface area contributed by atoms with Crippen molar-refractivity contribution in [2.24, 2.45) is 0 Å². The van der Waals surface area contributed by atoms with Crippen LogP contribution in [0, 0.1) is 6.92 Å². The number of benzene rings is 3. The van der Waals surface area contributed by atoms with Crippen molar-refractivity contribution in [3.05, 3.63) is 99.1 Å². The molecule has 3 heterocycles. The average molecular weight is 710 g/mol. The molecule has 3 aromatic carbocycles. The Hall–Kier alpha value is -3.31. The molecule has 0 radical (unpaired) electrons. The molecule has 2 aliphatic heterocycles. The van der Waals surface area contributed by atoms with E-state index >= 15 is 4.79 Å². The van der Waals surface area contributed by atoms with Crippen LogP contribution in [0.3, 0.4) is 0 Å². The van der Waals surface area contributed by atoms with Crippen LogP contribution < -0.4 is 5.73 Å². The highest BCUT2D eigenvalue weighted by Crippen LogP contribution is 2.55. The predicted octanol–water partition coefficient (Wildman–Crippen LogP) is 5.20. The van der Waals surface area contributed by atoms with Gasteiger partial charge in [-0.1, -0.05) is 63.4 Å². The lowest BCUT2D eigenvalue weighted by atomic mass is 9.90. The lowest BCUT2D eigenvalue weighted by Gasteiger charge is -2.42. The molecule has 8 nitrogen and oxygen atoms in total. The first-order chi connectivity index (χ1) is 21.6. The molecule has 2 fully saturated rings. The number of hydrogen-bond donors (Lipinski definition) is 2. The quantitative estimate of drug-likeness (QED) is 0.276. The van der Waals surface area contributed by atoms with Crippen LogP contribution in [0.5, 0.6) is 0 Å². The third-order valence-electron chi connectivity index (χ3n) is 8.71. The number of hydrogen-bond acceptors (Lipinski definition) is 4. The number of H-pyrrole nitrogens is 1. The molecule has 0 aliphatic carbocycles. The van der Waals surface area contributed by atoms with Crippen LogP contribution in [-0.2, 0) is 20.9 Å². The number of amides is 3. The fraction of sp³-hybridized carbons (Fsp3) is 0.324. The summed E-state index contributed by atoms with van der Waals surface area (Å²) in [5, 5.41) is 1.52. The molecular formula is C34H36BrClN5O3S+. The van der Waals surface area contributed by atoms with Gasteiger partial charge in [-0.05, 0) is 55.8 Å². The monoisotopic (exact) mass is 708 g/mol. The Morgan fingerprint density at radius 2 is 1.71 bits per heavy atom. The number of fused-ring (bicyclic) bond motifs is 1. The largest absolute Gasteiger partial charge is 0.361 e. The van der Waals surface area contributed by atoms with E-state index in [4.69, 9.17) is 11.6 Å². The van der Waals surface area contributed by atoms with Gasteiger partial charge in [-0.15, -0.1) is 11.8 Å². The Morgan fingerprint density at radius 3 is 2.38 bits per heavy atom. The van der Waals surface area contributed by atoms with E-state index in [1.165, 1.54) is 11.8 Å². The molecule has 2 saturated heterocycles. The molecule has 11 heteroatoms. The standard InChI is InChI=1S/C34H35BrClN5O3S/c1-21-3-10-26(11-4-21)45-34(33(44)40-15-13-39(14-16-40)32(43)22(2)37)18-30(42)41(20-23-5-7-24(35)8-6-23)31(34)28-19-38-29-17-25(36)9-12-27(28)29/h3-12,17,19,22,31,38H,13-16,18,20,37H2,1-2H3/p+1/t22?,31-,34-/m0/s1. The van der Waals surface area contributed by atoms with E-state index in [0.717, 1.165) is 37.0 Å². The zero-order valence-corrected chi connectivity index (χ0v) is 28.4. The van der Waals surface area contributed by atoms with Crippen molar-refractivity contribution in [3.8, 4) is 0 Å². The van der Waals surface area contributed by atoms with Crippen molar-refractivity contribution >= 4 is 67.9 Å². The van der Waals surface area contributed by atoms with Gasteiger partial charge >= 0.3 is 0 Å². The number of piperazine rings is 1. The van der Waals surface area contributed by atoms with Crippen molar-refractivity contribution in [2.45, 2.75) is 48.5 Å². The van der Waals surface area contributed by atoms with Crippen molar-refractivity contribution in [1.82, 2.24) is 19.7 Å². The highest BCUT2D eigenvalue weighted by Gasteiger charge is 2.60. The number of aryl methyl sites for hydroxylation is 1. The van der Waals surface area contributed by atoms with Crippen LogP contribution in [0.4, 0.5) is 0 Å². The molecule has 0 spiro atoms. The topological polar surface area (TPSA) is 104 Å². The Labute approximate surface area is 280 Å². The summed E-state index contributed by atoms with van der Waals surface area (Å²) in [6, 6.07) is 20.8. The molecule has 3 atom stereocenters. The minimum Gasteiger partial charge on any atom is -0.361 e. The summed E-state index contributed by atoms with van der Waals surface area (Å²) < 4.78 is -0.211. The number of carbonyl (C=O) groups excluding carboxylic acids is 3. The Kier molecular flexibility index (Phi) is 9.03. The molecule has 0 saturated carbocycles. The molecule has 4 aromatic rings. The lowest BCUT2D eigenvalue weighted by molar-refractivity contribution is -0.400. The summed E-state index contributed by atoms with van der Waals surface area (Å²) in [5.74, 6) is -0.195. The van der Waals surface area contributed by atoms with Gasteiger partial charge in [-0.2, -0.15) is 0 Å². The summed E-state index contributed by atoms with van der Waals surface area (Å²) in [6.07, 6.45) is 1.96. The Morgan fingerprint density at radius 1 is 1.04 bits per heavy atom. The number of halogens is 2. The van der Waals surface area contributed by atoms with Crippen molar-refractivity contribution in [2.75, 3.05) is 26.2 Å². The minimum atomic E-state index is -1.16. The van der Waals surface area contributed by atoms with Gasteiger partial charge in [0.05, 0.1) is 12.5 Å². The van der Waals surface area contributed by atoms with Gasteiger partial charge in [-0.3, -0.25) is 14.4 Å². The van der Waals surface area contributed by atoms with E-state index in [0.29, 0.717) is 37.7 Å². The predicted molar refractivity (Wildman–Crippen MR) is 181 cm³/mol. The number of nitrogens with zero attached hydrogens (tertiary/aromatic N) is 3. The maximum atomic E-state index is 15.1. The summed E-state index contributed by atoms with van der Waals surface area (Å²) in [4.78, 5) is 51.8. The molecular weight excluding hydrogens is 674 g/mol. The van der Waals surface area contributed by atoms with Gasteiger partial charge in [0.1, 0.15) is 4.75 Å². The molecule has 2 aliphatic rings. The first kappa shape index (κ1) is 31.7. The summed E-state index contributed by atoms with van der Waals surface area (Å²) in [5.41, 5.74) is 7.69. The van der Waals surface area contributed by atoms with Crippen LogP contribution >= 0.6 is 39.3 Å². The van der Waals surface area contributed by atoms with E-state index in [1.54, 1.807) is 11.8 Å². The van der Waals surface area contributed by atoms with Crippen molar-refractivity contribution < 1.29 is 20.1 Å². The number of rotatable bonds is 7. The zero-order valence-electron chi connectivity index (χ0n) is 25.3. The number of carbonyl (C=O) groups is 3. The molecule has 234 valence electrons. The third kappa shape index (κ3) is 6.25. The molecule has 0 bridgehead atoms. The number of aromatic nitrogens is 1. The highest BCUT2D eigenvalue weighted by atomic mass is 79.9. The SMILES string of the molecule is Cc1ccc(S[C@@]2(C(=O)N3CCN(C(=O)C(C)[NH3+])CC3)CC(=O)N(Cc3ccc(Br)cc3)[C@H]2c2c[nH]c3cc(Cl)ccc23)cc1. The average Bonchev–Trinajstić information content (AvgIpc) is 3.55. The Bertz CT molecular complexity index is 1740. The number of nitrogens with one attached hydrogen (secondary N) is 1. The Balaban J connectivity index is 1.47. The number of aromatic amines is 1. The summed E-state index contributed by atoms with van der Waals surface area (Å²) in [6.45, 7) is 5.82. The molecule has 6 rings (SSSR count). The first-order valence-corrected chi connectivity index (χ1v) is 17.0. The van der Waals surface area contributed by atoms with Crippen LogP contribution in [0.25, 0.3) is 10.9 Å². The van der Waals surface area contributed by atoms with E-state index < -0.39 is 10.8 Å². The van der Waals surface area contributed by atoms with Gasteiger partial charge in [0.25, 0.3) is 5.91 Å². The zero-order chi connectivity index (χ0) is 31.9. The smallest absolute Gasteiger partial charge is 0.280 e. The second kappa shape index (κ2) is 12.8. The number of quaternary nitrogens is 1. The van der Waals surface area contributed by atoms with Crippen LogP contribution in [-0.4, -0.2) is 74.4 Å². The summed E-state index contributed by atoms with van der Waals surface area (Å²) in [7, 11) is 0. The molecule has 4 N–H and O–H groups in total. The van der Waals surface area contributed by atoms with Crippen molar-refractivity contribution in [3.63, 3.8) is 0 Å². The number of likely N-dealkylation sites (tertiary alicyclic amines) is 1. The van der Waals surface area contributed by atoms with E-state index in [2.05, 4.69) is 26.6 Å². The van der Waals surface area contributed by atoms with Crippen LogP contribution in [0.15, 0.2) is 82.3 Å². The fourth-order valence-electron chi connectivity index (χ4n) is 6.40. The fourth-order valence-corrected chi connectivity index (χ4v) is 8.31. The van der Waals surface area contributed by atoms with Crippen LogP contribution in [0.2, 0.25) is 5.02 Å². The van der Waals surface area contributed by atoms with Crippen LogP contribution in [0.1, 0.15) is 36.1 Å². The van der Waals surface area contributed by atoms with E-state index in [9.17, 15) is 9.59 Å². The van der Waals surface area contributed by atoms with E-state index in [-0.39, 0.29) is 30.2 Å². The summed E-state index contributed by atoms with van der Waals surface area (Å²) >= 11 is 11.3. The van der Waals surface area contributed by atoms with Gasteiger partial charge in [0, 0.05) is 69.8 Å². The van der Waals surface area contributed by atoms with E-state index in [1.807, 2.05) is 89.7 Å². The molecule has 1 unspecified atom stereocenters. The normalized spacial score (nSPS) is 21.0. The van der Waals surface area contributed by atoms with Gasteiger partial charge in [0.15, 0.2) is 6.04 Å². The molecule has 1 aromatic heterocycles. The highest BCUT2D eigenvalue weighted by molar-refractivity contribution is 9.10. The first-order valence-electron chi connectivity index (χ1n) is 15.0. The second-order valence-corrected chi connectivity index (χ2v) is 14.7. The maximum absolute atomic E-state index is 15.1. The maximum Gasteiger partial charge on any atom is 0.280 e. The second-order valence-electron chi connectivity index (χ2n) is 12.0. The van der Waals surface area contributed by atoms with Crippen molar-refractivity contribution in [1.29, 1.82) is 0 Å². The van der Waals surface area contributed by atoms with Gasteiger partial charge < -0.3 is 25.4 Å². The number of thioether (sulfide) groups is 1. The molecule has 45 heavy (non-hydrogen) atoms. The van der Waals surface area contributed by atoms with Gasteiger partial charge in [0.2, 0.25) is 11.8 Å². The molecule has 3 amide bonds. The third-order valence-corrected chi connectivity index (χ3v) is 10.9. The lowest BCUT2D eigenvalue weighted by Crippen LogP contribution is -2.68.